The molecule has 0 amide bonds. The molecule has 0 saturated heterocycles. The van der Waals surface area contributed by atoms with Gasteiger partial charge in [0.15, 0.2) is 0 Å². The number of allylic oxidation sites excluding steroid dienone is 1. The second-order valence-electron chi connectivity index (χ2n) is 7.85. The number of benzene rings is 2. The van der Waals surface area contributed by atoms with E-state index >= 15 is 0 Å². The summed E-state index contributed by atoms with van der Waals surface area (Å²) in [4.78, 5) is 1.40. The van der Waals surface area contributed by atoms with Crippen molar-refractivity contribution < 1.29 is 9.64 Å². The fourth-order valence-corrected chi connectivity index (χ4v) is 4.85. The van der Waals surface area contributed by atoms with Gasteiger partial charge in [0.05, 0.1) is 12.5 Å². The Balaban J connectivity index is 1.91. The van der Waals surface area contributed by atoms with Crippen LogP contribution >= 0.6 is 23.2 Å². The van der Waals surface area contributed by atoms with Crippen LogP contribution in [0.25, 0.3) is 6.08 Å². The number of ether oxygens (including phenoxy) is 1. The number of nitrogens with zero attached hydrogens (tertiary/aromatic N) is 1. The van der Waals surface area contributed by atoms with Gasteiger partial charge >= 0.3 is 0 Å². The molecule has 2 aliphatic rings. The average Bonchev–Trinajstić information content (AvgIpc) is 2.76. The van der Waals surface area contributed by atoms with E-state index in [1.165, 1.54) is 4.90 Å². The van der Waals surface area contributed by atoms with E-state index in [9.17, 15) is 5.26 Å². The van der Waals surface area contributed by atoms with Crippen LogP contribution in [0.5, 0.6) is 0 Å². The molecule has 0 spiro atoms. The van der Waals surface area contributed by atoms with Crippen LogP contribution in [0.2, 0.25) is 10.0 Å². The van der Waals surface area contributed by atoms with E-state index in [-0.39, 0.29) is 11.8 Å². The molecule has 0 aromatic heterocycles. The minimum atomic E-state index is -0.329. The normalized spacial score (nSPS) is 22.2. The first-order valence-corrected chi connectivity index (χ1v) is 11.1. The van der Waals surface area contributed by atoms with E-state index in [1.54, 1.807) is 0 Å². The average molecular weight is 453 g/mol. The van der Waals surface area contributed by atoms with Gasteiger partial charge in [0, 0.05) is 21.2 Å². The maximum absolute atomic E-state index is 9.91. The molecule has 1 unspecified atom stereocenters. The van der Waals surface area contributed by atoms with E-state index in [2.05, 4.69) is 19.1 Å². The number of hydrogen-bond acceptors (Lipinski definition) is 3. The minimum absolute atomic E-state index is 0.134. The summed E-state index contributed by atoms with van der Waals surface area (Å²) in [5, 5.41) is 11.2. The van der Waals surface area contributed by atoms with Crippen molar-refractivity contribution in [3.8, 4) is 6.07 Å². The van der Waals surface area contributed by atoms with Gasteiger partial charge in [-0.1, -0.05) is 66.5 Å². The second-order valence-corrected chi connectivity index (χ2v) is 8.66. The molecule has 0 fully saturated rings. The van der Waals surface area contributed by atoms with E-state index in [1.807, 2.05) is 48.5 Å². The number of halogens is 2. The van der Waals surface area contributed by atoms with Crippen LogP contribution in [-0.4, -0.2) is 19.6 Å². The van der Waals surface area contributed by atoms with Gasteiger partial charge < -0.3 is 15.4 Å². The smallest absolute Gasteiger partial charge is 0.205 e. The highest BCUT2D eigenvalue weighted by Crippen LogP contribution is 2.43. The van der Waals surface area contributed by atoms with Gasteiger partial charge in [-0.25, -0.2) is 0 Å². The first-order chi connectivity index (χ1) is 15.0. The number of rotatable bonds is 4. The van der Waals surface area contributed by atoms with Gasteiger partial charge in [-0.05, 0) is 35.8 Å². The third-order valence-electron chi connectivity index (χ3n) is 5.75. The van der Waals surface area contributed by atoms with Gasteiger partial charge in [-0.15, -0.1) is 0 Å². The number of nitrogens with one attached hydrogen (secondary N) is 1. The summed E-state index contributed by atoms with van der Waals surface area (Å²) in [5.41, 5.74) is 10.5. The molecular weight excluding hydrogens is 429 g/mol. The zero-order valence-electron chi connectivity index (χ0n) is 17.3. The summed E-state index contributed by atoms with van der Waals surface area (Å²) >= 11 is 13.0. The highest BCUT2D eigenvalue weighted by Gasteiger charge is 2.40. The lowest BCUT2D eigenvalue weighted by molar-refractivity contribution is -0.892. The van der Waals surface area contributed by atoms with E-state index < -0.39 is 0 Å². The predicted molar refractivity (Wildman–Crippen MR) is 124 cm³/mol. The summed E-state index contributed by atoms with van der Waals surface area (Å²) in [7, 11) is 0. The van der Waals surface area contributed by atoms with Crippen molar-refractivity contribution >= 4 is 29.3 Å². The lowest BCUT2D eigenvalue weighted by Crippen LogP contribution is -3.13. The summed E-state index contributed by atoms with van der Waals surface area (Å²) in [6.07, 6.45) is 3.12. The molecule has 4 nitrogen and oxygen atoms in total. The summed E-state index contributed by atoms with van der Waals surface area (Å²) in [6.45, 7) is 4.74. The monoisotopic (exact) mass is 452 g/mol. The zero-order valence-corrected chi connectivity index (χ0v) is 18.8. The lowest BCUT2D eigenvalue weighted by Gasteiger charge is -2.36. The van der Waals surface area contributed by atoms with E-state index in [4.69, 9.17) is 33.7 Å². The Hall–Kier alpha value is -2.71. The van der Waals surface area contributed by atoms with Crippen molar-refractivity contribution in [1.29, 1.82) is 5.26 Å². The Morgan fingerprint density at radius 1 is 1.13 bits per heavy atom. The Kier molecular flexibility index (Phi) is 6.38. The summed E-state index contributed by atoms with van der Waals surface area (Å²) in [5.74, 6) is 0.542. The molecule has 0 aliphatic carbocycles. The lowest BCUT2D eigenvalue weighted by atomic mass is 9.80. The van der Waals surface area contributed by atoms with Crippen molar-refractivity contribution in [2.24, 2.45) is 5.73 Å². The van der Waals surface area contributed by atoms with Crippen LogP contribution in [0.4, 0.5) is 0 Å². The van der Waals surface area contributed by atoms with Crippen LogP contribution in [0.1, 0.15) is 30.4 Å². The molecule has 2 atom stereocenters. The first-order valence-electron chi connectivity index (χ1n) is 10.4. The van der Waals surface area contributed by atoms with Gasteiger partial charge in [0.1, 0.15) is 30.5 Å². The van der Waals surface area contributed by atoms with Crippen LogP contribution in [0, 0.1) is 11.3 Å². The van der Waals surface area contributed by atoms with E-state index in [0.717, 1.165) is 54.1 Å². The number of hydrogen-bond donors (Lipinski definition) is 2. The van der Waals surface area contributed by atoms with E-state index in [0.29, 0.717) is 15.6 Å². The molecule has 0 radical (unpaired) electrons. The molecule has 31 heavy (non-hydrogen) atoms. The Bertz CT molecular complexity index is 1140. The third kappa shape index (κ3) is 4.22. The van der Waals surface area contributed by atoms with Gasteiger partial charge in [0.2, 0.25) is 5.88 Å². The molecule has 2 aromatic carbocycles. The van der Waals surface area contributed by atoms with Gasteiger partial charge in [0.25, 0.3) is 0 Å². The topological polar surface area (TPSA) is 63.5 Å². The molecule has 4 rings (SSSR count). The fraction of sp³-hybridized carbons (Fsp3) is 0.240. The summed E-state index contributed by atoms with van der Waals surface area (Å²) in [6, 6.07) is 17.6. The number of quaternary nitrogens is 1. The maximum atomic E-state index is 9.91. The Morgan fingerprint density at radius 3 is 2.52 bits per heavy atom. The molecule has 6 heteroatoms. The van der Waals surface area contributed by atoms with Crippen molar-refractivity contribution in [3.05, 3.63) is 98.1 Å². The largest absolute Gasteiger partial charge is 0.440 e. The van der Waals surface area contributed by atoms with Crippen LogP contribution in [0.15, 0.2) is 76.9 Å². The first kappa shape index (κ1) is 21.5. The zero-order chi connectivity index (χ0) is 22.0. The molecule has 3 N–H and O–H groups in total. The van der Waals surface area contributed by atoms with Crippen molar-refractivity contribution in [3.63, 3.8) is 0 Å². The van der Waals surface area contributed by atoms with Crippen molar-refractivity contribution in [2.75, 3.05) is 19.6 Å². The molecule has 2 aliphatic heterocycles. The van der Waals surface area contributed by atoms with Crippen LogP contribution in [-0.2, 0) is 4.74 Å². The molecule has 158 valence electrons. The van der Waals surface area contributed by atoms with Crippen LogP contribution in [0.3, 0.4) is 0 Å². The van der Waals surface area contributed by atoms with Crippen molar-refractivity contribution in [1.82, 2.24) is 0 Å². The fourth-order valence-electron chi connectivity index (χ4n) is 4.41. The van der Waals surface area contributed by atoms with Gasteiger partial charge in [-0.3, -0.25) is 0 Å². The molecule has 0 saturated carbocycles. The summed E-state index contributed by atoms with van der Waals surface area (Å²) < 4.78 is 6.08. The molecular formula is C25H24Cl2N3O+. The molecule has 2 heterocycles. The highest BCUT2D eigenvalue weighted by molar-refractivity contribution is 6.32. The van der Waals surface area contributed by atoms with Crippen molar-refractivity contribution in [2.45, 2.75) is 19.3 Å². The van der Waals surface area contributed by atoms with Gasteiger partial charge in [-0.2, -0.15) is 5.26 Å². The third-order valence-corrected chi connectivity index (χ3v) is 6.44. The minimum Gasteiger partial charge on any atom is -0.440 e. The second kappa shape index (κ2) is 9.20. The maximum Gasteiger partial charge on any atom is 0.205 e. The van der Waals surface area contributed by atoms with Crippen LogP contribution < -0.4 is 10.6 Å². The predicted octanol–water partition coefficient (Wildman–Crippen LogP) is 4.45. The molecule has 0 bridgehead atoms. The molecule has 2 aromatic rings. The SMILES string of the molecule is CCC[NH+]1CC2=C(OC(N)=C(C#N)[C@H]2c2ccccc2Cl)/C(=C/c2ccccc2Cl)C1. The Morgan fingerprint density at radius 2 is 1.84 bits per heavy atom. The number of nitriles is 1. The highest BCUT2D eigenvalue weighted by atomic mass is 35.5. The quantitative estimate of drug-likeness (QED) is 0.719. The standard InChI is InChI=1S/C25H23Cl2N3O/c1-2-11-30-14-17(12-16-7-3-5-9-21(16)26)24-20(15-30)23(19(13-28)25(29)31-24)18-8-4-6-10-22(18)27/h3-10,12,23H,2,11,14-15,29H2,1H3/p+1/b17-12+/t23-/m1/s1. The number of nitrogens with two attached hydrogens (primary N) is 1. The Labute approximate surface area is 192 Å².